The average Bonchev–Trinajstić information content (AvgIpc) is 2.66. The molecule has 13 heavy (non-hydrogen) atoms. The molecule has 3 heterocycles. The first-order valence-electron chi connectivity index (χ1n) is 4.38. The molecule has 1 aromatic rings. The van der Waals surface area contributed by atoms with Gasteiger partial charge in [-0.3, -0.25) is 4.79 Å². The Kier molecular flexibility index (Phi) is 1.31. The quantitative estimate of drug-likeness (QED) is 0.626. The third-order valence-electron chi connectivity index (χ3n) is 2.71. The molecule has 3 heteroatoms. The van der Waals surface area contributed by atoms with Gasteiger partial charge in [0.1, 0.15) is 0 Å². The maximum atomic E-state index is 11.4. The number of hydrogen-bond donors (Lipinski definition) is 0. The fourth-order valence-electron chi connectivity index (χ4n) is 2.04. The van der Waals surface area contributed by atoms with E-state index in [1.807, 2.05) is 19.2 Å². The van der Waals surface area contributed by atoms with Crippen molar-refractivity contribution in [2.24, 2.45) is 5.92 Å². The number of fused-ring (bicyclic) bond motifs is 2. The molecule has 0 aliphatic carbocycles. The van der Waals surface area contributed by atoms with E-state index in [4.69, 9.17) is 0 Å². The van der Waals surface area contributed by atoms with Crippen LogP contribution in [0.1, 0.15) is 12.6 Å². The average molecular weight is 191 g/mol. The minimum atomic E-state index is 0.0775. The number of carbonyl (C=O) groups is 1. The molecule has 2 aliphatic rings. The van der Waals surface area contributed by atoms with Crippen LogP contribution in [0, 0.1) is 5.92 Å². The first kappa shape index (κ1) is 7.44. The Bertz CT molecular complexity index is 430. The van der Waals surface area contributed by atoms with Gasteiger partial charge >= 0.3 is 0 Å². The van der Waals surface area contributed by atoms with Gasteiger partial charge in [0.25, 0.3) is 0 Å². The van der Waals surface area contributed by atoms with E-state index in [1.54, 1.807) is 0 Å². The van der Waals surface area contributed by atoms with Gasteiger partial charge in [-0.2, -0.15) is 0 Å². The lowest BCUT2D eigenvalue weighted by atomic mass is 10.1. The molecule has 0 saturated carbocycles. The lowest BCUT2D eigenvalue weighted by Gasteiger charge is -2.07. The van der Waals surface area contributed by atoms with Gasteiger partial charge < -0.3 is 4.57 Å². The van der Waals surface area contributed by atoms with Crippen molar-refractivity contribution in [1.82, 2.24) is 4.57 Å². The standard InChI is InChI=1S/C10H9NOS/c1-6-9-8(13-10(6)12)5-7-3-2-4-11(7)9/h2-4,6H,5H2,1H3. The summed E-state index contributed by atoms with van der Waals surface area (Å²) in [5.74, 6) is 0.0775. The molecule has 0 N–H and O–H groups in total. The van der Waals surface area contributed by atoms with E-state index >= 15 is 0 Å². The lowest BCUT2D eigenvalue weighted by Crippen LogP contribution is -2.07. The molecular formula is C10H9NOS. The van der Waals surface area contributed by atoms with Crippen LogP contribution in [0.3, 0.4) is 0 Å². The molecule has 3 rings (SSSR count). The van der Waals surface area contributed by atoms with Gasteiger partial charge in [-0.25, -0.2) is 0 Å². The zero-order valence-electron chi connectivity index (χ0n) is 7.28. The van der Waals surface area contributed by atoms with E-state index < -0.39 is 0 Å². The molecular weight excluding hydrogens is 182 g/mol. The van der Waals surface area contributed by atoms with E-state index in [-0.39, 0.29) is 5.92 Å². The molecule has 1 aromatic heterocycles. The van der Waals surface area contributed by atoms with Gasteiger partial charge in [-0.05, 0) is 19.1 Å². The summed E-state index contributed by atoms with van der Waals surface area (Å²) in [7, 11) is 0. The highest BCUT2D eigenvalue weighted by atomic mass is 32.2. The zero-order valence-corrected chi connectivity index (χ0v) is 8.10. The third-order valence-corrected chi connectivity index (χ3v) is 3.86. The summed E-state index contributed by atoms with van der Waals surface area (Å²) < 4.78 is 2.16. The van der Waals surface area contributed by atoms with Crippen LogP contribution in [-0.2, 0) is 11.2 Å². The van der Waals surface area contributed by atoms with Crippen molar-refractivity contribution in [3.05, 3.63) is 28.9 Å². The second-order valence-electron chi connectivity index (χ2n) is 3.50. The maximum Gasteiger partial charge on any atom is 0.202 e. The van der Waals surface area contributed by atoms with Gasteiger partial charge in [0.2, 0.25) is 5.12 Å². The molecule has 2 aliphatic heterocycles. The number of hydrogen-bond acceptors (Lipinski definition) is 2. The minimum absolute atomic E-state index is 0.0775. The summed E-state index contributed by atoms with van der Waals surface area (Å²) in [4.78, 5) is 12.7. The van der Waals surface area contributed by atoms with Crippen molar-refractivity contribution in [3.63, 3.8) is 0 Å². The molecule has 66 valence electrons. The Balaban J connectivity index is 2.17. The van der Waals surface area contributed by atoms with Crippen LogP contribution >= 0.6 is 11.8 Å². The summed E-state index contributed by atoms with van der Waals surface area (Å²) in [6.07, 6.45) is 3.00. The molecule has 0 bridgehead atoms. The van der Waals surface area contributed by atoms with E-state index in [0.29, 0.717) is 5.12 Å². The molecule has 1 unspecified atom stereocenters. The molecule has 2 nitrogen and oxygen atoms in total. The minimum Gasteiger partial charge on any atom is -0.323 e. The van der Waals surface area contributed by atoms with E-state index in [0.717, 1.165) is 6.42 Å². The van der Waals surface area contributed by atoms with Crippen LogP contribution in [0.5, 0.6) is 0 Å². The SMILES string of the molecule is CC1C(=O)SC2=C1n1cccc1C2. The zero-order chi connectivity index (χ0) is 9.00. The highest BCUT2D eigenvalue weighted by Crippen LogP contribution is 2.46. The van der Waals surface area contributed by atoms with E-state index in [2.05, 4.69) is 10.6 Å². The van der Waals surface area contributed by atoms with Crippen molar-refractivity contribution in [2.45, 2.75) is 13.3 Å². The summed E-state index contributed by atoms with van der Waals surface area (Å²) >= 11 is 1.43. The molecule has 1 atom stereocenters. The number of nitrogens with zero attached hydrogens (tertiary/aromatic N) is 1. The van der Waals surface area contributed by atoms with Crippen LogP contribution in [0.25, 0.3) is 5.70 Å². The van der Waals surface area contributed by atoms with Crippen LogP contribution in [0.2, 0.25) is 0 Å². The fraction of sp³-hybridized carbons (Fsp3) is 0.300. The summed E-state index contributed by atoms with van der Waals surface area (Å²) in [6, 6.07) is 4.16. The third kappa shape index (κ3) is 0.826. The first-order valence-corrected chi connectivity index (χ1v) is 5.20. The first-order chi connectivity index (χ1) is 6.27. The Morgan fingerprint density at radius 1 is 1.62 bits per heavy atom. The molecule has 0 saturated heterocycles. The largest absolute Gasteiger partial charge is 0.323 e. The van der Waals surface area contributed by atoms with Crippen molar-refractivity contribution < 1.29 is 4.79 Å². The number of aromatic nitrogens is 1. The van der Waals surface area contributed by atoms with Crippen LogP contribution in [0.4, 0.5) is 0 Å². The molecule has 0 spiro atoms. The predicted molar refractivity (Wildman–Crippen MR) is 53.1 cm³/mol. The Labute approximate surface area is 80.6 Å². The summed E-state index contributed by atoms with van der Waals surface area (Å²) in [5.41, 5.74) is 2.53. The number of allylic oxidation sites excluding steroid dienone is 2. The molecule has 0 aromatic carbocycles. The van der Waals surface area contributed by atoms with Crippen molar-refractivity contribution >= 4 is 22.6 Å². The van der Waals surface area contributed by atoms with Crippen molar-refractivity contribution in [2.75, 3.05) is 0 Å². The number of rotatable bonds is 0. The molecule has 0 fully saturated rings. The summed E-state index contributed by atoms with van der Waals surface area (Å²) in [6.45, 7) is 1.99. The lowest BCUT2D eigenvalue weighted by molar-refractivity contribution is -0.112. The van der Waals surface area contributed by atoms with Crippen LogP contribution in [0.15, 0.2) is 23.2 Å². The van der Waals surface area contributed by atoms with Gasteiger partial charge in [-0.15, -0.1) is 0 Å². The van der Waals surface area contributed by atoms with Crippen LogP contribution < -0.4 is 0 Å². The number of carbonyl (C=O) groups excluding carboxylic acids is 1. The Morgan fingerprint density at radius 2 is 2.46 bits per heavy atom. The predicted octanol–water partition coefficient (Wildman–Crippen LogP) is 2.12. The fourth-order valence-corrected chi connectivity index (χ4v) is 3.18. The molecule has 0 amide bonds. The monoisotopic (exact) mass is 191 g/mol. The normalized spacial score (nSPS) is 25.3. The van der Waals surface area contributed by atoms with E-state index in [9.17, 15) is 4.79 Å². The smallest absolute Gasteiger partial charge is 0.202 e. The van der Waals surface area contributed by atoms with Crippen LogP contribution in [-0.4, -0.2) is 9.68 Å². The summed E-state index contributed by atoms with van der Waals surface area (Å²) in [5, 5.41) is 0.296. The van der Waals surface area contributed by atoms with Crippen molar-refractivity contribution in [3.8, 4) is 0 Å². The second-order valence-corrected chi connectivity index (χ2v) is 4.60. The maximum absolute atomic E-state index is 11.4. The molecule has 0 radical (unpaired) electrons. The van der Waals surface area contributed by atoms with Gasteiger partial charge in [-0.1, -0.05) is 11.8 Å². The second kappa shape index (κ2) is 2.29. The van der Waals surface area contributed by atoms with E-state index in [1.165, 1.54) is 28.1 Å². The number of thioether (sulfide) groups is 1. The van der Waals surface area contributed by atoms with Gasteiger partial charge in [0.15, 0.2) is 0 Å². The highest BCUT2D eigenvalue weighted by Gasteiger charge is 2.36. The van der Waals surface area contributed by atoms with Gasteiger partial charge in [0, 0.05) is 28.9 Å². The Morgan fingerprint density at radius 3 is 3.31 bits per heavy atom. The van der Waals surface area contributed by atoms with Crippen molar-refractivity contribution in [1.29, 1.82) is 0 Å². The Hall–Kier alpha value is -0.960. The topological polar surface area (TPSA) is 22.0 Å². The van der Waals surface area contributed by atoms with Gasteiger partial charge in [0.05, 0.1) is 5.92 Å². The highest BCUT2D eigenvalue weighted by molar-refractivity contribution is 8.17.